The zero-order chi connectivity index (χ0) is 21.4. The van der Waals surface area contributed by atoms with E-state index in [0.717, 1.165) is 24.2 Å². The van der Waals surface area contributed by atoms with Gasteiger partial charge >= 0.3 is 5.63 Å². The molecule has 1 amide bonds. The Balaban J connectivity index is 1.41. The van der Waals surface area contributed by atoms with Crippen LogP contribution in [0.2, 0.25) is 0 Å². The van der Waals surface area contributed by atoms with Gasteiger partial charge in [0.15, 0.2) is 5.76 Å². The summed E-state index contributed by atoms with van der Waals surface area (Å²) >= 11 is 1.15. The monoisotopic (exact) mass is 444 g/mol. The first-order valence-corrected chi connectivity index (χ1v) is 10.7. The number of hydrogen-bond acceptors (Lipinski definition) is 10. The van der Waals surface area contributed by atoms with Gasteiger partial charge in [-0.3, -0.25) is 10.1 Å². The minimum Gasteiger partial charge on any atom is -0.483 e. The highest BCUT2D eigenvalue weighted by atomic mass is 32.1. The average Bonchev–Trinajstić information content (AvgIpc) is 3.25. The minimum absolute atomic E-state index is 0.116. The maximum absolute atomic E-state index is 12.8. The molecule has 0 spiro atoms. The summed E-state index contributed by atoms with van der Waals surface area (Å²) in [5.74, 6) is -0.0932. The molecule has 1 atom stereocenters. The molecule has 0 saturated heterocycles. The second kappa shape index (κ2) is 8.12. The summed E-state index contributed by atoms with van der Waals surface area (Å²) in [4.78, 5) is 27.4. The van der Waals surface area contributed by atoms with Gasteiger partial charge in [-0.25, -0.2) is 9.48 Å². The Kier molecular flexibility index (Phi) is 5.16. The van der Waals surface area contributed by atoms with Crippen LogP contribution in [0.3, 0.4) is 0 Å². The maximum Gasteiger partial charge on any atom is 0.381 e. The number of methoxy groups -OCH3 is 1. The van der Waals surface area contributed by atoms with E-state index in [2.05, 4.69) is 25.5 Å². The Morgan fingerprint density at radius 3 is 3.03 bits per heavy atom. The number of fused-ring (bicyclic) bond motifs is 1. The standard InChI is InChI=1S/C19H20N6O5S/c1-28-10-13(11-3-4-11)24-7-8-29-15-12(24)9-14(30-17(15)27)16(26)21-18-22-23-19(31-18)25-6-2-5-20-25/h2,5-6,9,11,13H,3-4,7-8,10H2,1H3,(H,21,22,26)/t13-/m1/s1. The third kappa shape index (κ3) is 3.91. The molecule has 162 valence electrons. The number of nitrogens with one attached hydrogen (secondary N) is 1. The van der Waals surface area contributed by atoms with Crippen molar-refractivity contribution in [2.24, 2.45) is 5.92 Å². The van der Waals surface area contributed by atoms with Gasteiger partial charge < -0.3 is 18.8 Å². The lowest BCUT2D eigenvalue weighted by Gasteiger charge is -2.37. The number of anilines is 2. The quantitative estimate of drug-likeness (QED) is 0.578. The molecule has 1 aliphatic heterocycles. The lowest BCUT2D eigenvalue weighted by molar-refractivity contribution is 0.0990. The molecule has 1 saturated carbocycles. The van der Waals surface area contributed by atoms with Crippen LogP contribution in [0.5, 0.6) is 5.75 Å². The molecular formula is C19H20N6O5S. The fraction of sp³-hybridized carbons (Fsp3) is 0.421. The van der Waals surface area contributed by atoms with E-state index in [1.165, 1.54) is 4.68 Å². The van der Waals surface area contributed by atoms with Gasteiger partial charge in [-0.1, -0.05) is 11.3 Å². The summed E-state index contributed by atoms with van der Waals surface area (Å²) in [5.41, 5.74) is -0.134. The first-order valence-electron chi connectivity index (χ1n) is 9.85. The first-order chi connectivity index (χ1) is 15.1. The number of rotatable bonds is 7. The smallest absolute Gasteiger partial charge is 0.381 e. The van der Waals surface area contributed by atoms with Crippen molar-refractivity contribution in [2.45, 2.75) is 18.9 Å². The highest BCUT2D eigenvalue weighted by Gasteiger charge is 2.38. The van der Waals surface area contributed by atoms with E-state index < -0.39 is 11.5 Å². The number of carbonyl (C=O) groups is 1. The van der Waals surface area contributed by atoms with Gasteiger partial charge in [0.1, 0.15) is 6.61 Å². The molecule has 1 aliphatic carbocycles. The number of nitrogens with zero attached hydrogens (tertiary/aromatic N) is 5. The zero-order valence-electron chi connectivity index (χ0n) is 16.7. The molecule has 0 radical (unpaired) electrons. The van der Waals surface area contributed by atoms with Crippen LogP contribution in [0.4, 0.5) is 10.8 Å². The van der Waals surface area contributed by atoms with Crippen LogP contribution in [0.15, 0.2) is 33.7 Å². The second-order valence-corrected chi connectivity index (χ2v) is 8.26. The number of ether oxygens (including phenoxy) is 2. The van der Waals surface area contributed by atoms with Crippen molar-refractivity contribution in [2.75, 3.05) is 37.1 Å². The maximum atomic E-state index is 12.8. The predicted octanol–water partition coefficient (Wildman–Crippen LogP) is 1.55. The van der Waals surface area contributed by atoms with Crippen molar-refractivity contribution in [3.63, 3.8) is 0 Å². The molecule has 0 bridgehead atoms. The highest BCUT2D eigenvalue weighted by molar-refractivity contribution is 7.17. The van der Waals surface area contributed by atoms with E-state index in [1.54, 1.807) is 31.6 Å². The topological polar surface area (TPSA) is 125 Å². The molecule has 1 fully saturated rings. The number of aromatic nitrogens is 4. The summed E-state index contributed by atoms with van der Waals surface area (Å²) in [7, 11) is 1.66. The van der Waals surface area contributed by atoms with Crippen molar-refractivity contribution < 1.29 is 18.7 Å². The van der Waals surface area contributed by atoms with Crippen LogP contribution in [-0.2, 0) is 4.74 Å². The van der Waals surface area contributed by atoms with Gasteiger partial charge in [0.25, 0.3) is 5.91 Å². The van der Waals surface area contributed by atoms with Gasteiger partial charge in [-0.2, -0.15) is 5.10 Å². The fourth-order valence-corrected chi connectivity index (χ4v) is 4.35. The molecular weight excluding hydrogens is 424 g/mol. The molecule has 31 heavy (non-hydrogen) atoms. The summed E-state index contributed by atoms with van der Waals surface area (Å²) in [6.45, 7) is 1.51. The van der Waals surface area contributed by atoms with Crippen molar-refractivity contribution in [1.82, 2.24) is 20.0 Å². The summed E-state index contributed by atoms with van der Waals surface area (Å²) in [6.07, 6.45) is 5.57. The van der Waals surface area contributed by atoms with Crippen LogP contribution in [0.25, 0.3) is 5.13 Å². The van der Waals surface area contributed by atoms with E-state index in [1.807, 2.05) is 0 Å². The average molecular weight is 444 g/mol. The molecule has 11 nitrogen and oxygen atoms in total. The third-order valence-corrected chi connectivity index (χ3v) is 6.07. The minimum atomic E-state index is -0.686. The van der Waals surface area contributed by atoms with E-state index in [9.17, 15) is 9.59 Å². The van der Waals surface area contributed by atoms with Gasteiger partial charge in [-0.05, 0) is 24.8 Å². The lowest BCUT2D eigenvalue weighted by Crippen LogP contribution is -2.46. The van der Waals surface area contributed by atoms with Gasteiger partial charge in [0.05, 0.1) is 24.9 Å². The van der Waals surface area contributed by atoms with E-state index in [-0.39, 0.29) is 22.7 Å². The predicted molar refractivity (Wildman–Crippen MR) is 111 cm³/mol. The number of hydrogen-bond donors (Lipinski definition) is 1. The van der Waals surface area contributed by atoms with Gasteiger partial charge in [0, 0.05) is 25.6 Å². The molecule has 1 N–H and O–H groups in total. The van der Waals surface area contributed by atoms with Crippen molar-refractivity contribution >= 4 is 28.1 Å². The Morgan fingerprint density at radius 2 is 2.29 bits per heavy atom. The van der Waals surface area contributed by atoms with Gasteiger partial charge in [-0.15, -0.1) is 10.2 Å². The van der Waals surface area contributed by atoms with Crippen LogP contribution >= 0.6 is 11.3 Å². The summed E-state index contributed by atoms with van der Waals surface area (Å²) in [5, 5.41) is 15.4. The Bertz CT molecular complexity index is 1140. The zero-order valence-corrected chi connectivity index (χ0v) is 17.5. The lowest BCUT2D eigenvalue weighted by atomic mass is 10.1. The molecule has 12 heteroatoms. The van der Waals surface area contributed by atoms with Crippen molar-refractivity contribution in [1.29, 1.82) is 0 Å². The highest BCUT2D eigenvalue weighted by Crippen LogP contribution is 2.40. The third-order valence-electron chi connectivity index (χ3n) is 5.24. The molecule has 2 aliphatic rings. The summed E-state index contributed by atoms with van der Waals surface area (Å²) in [6, 6.07) is 3.42. The van der Waals surface area contributed by atoms with Gasteiger partial charge in [0.2, 0.25) is 16.0 Å². The van der Waals surface area contributed by atoms with E-state index in [0.29, 0.717) is 36.5 Å². The Hall–Kier alpha value is -3.25. The molecule has 5 rings (SSSR count). The van der Waals surface area contributed by atoms with Crippen LogP contribution < -0.4 is 20.6 Å². The second-order valence-electron chi connectivity index (χ2n) is 7.31. The number of carbonyl (C=O) groups excluding carboxylic acids is 1. The normalized spacial score (nSPS) is 16.5. The number of amides is 1. The van der Waals surface area contributed by atoms with Crippen LogP contribution in [0.1, 0.15) is 23.4 Å². The SMILES string of the molecule is COC[C@H](C1CC1)N1CCOc2c1cc(C(=O)Nc1nnc(-n3cccn3)s1)oc2=O. The van der Waals surface area contributed by atoms with Crippen LogP contribution in [0, 0.1) is 5.92 Å². The molecule has 3 aromatic heterocycles. The Labute approximate surface area is 180 Å². The molecule has 4 heterocycles. The van der Waals surface area contributed by atoms with E-state index in [4.69, 9.17) is 13.9 Å². The van der Waals surface area contributed by atoms with Crippen LogP contribution in [-0.4, -0.2) is 58.8 Å². The Morgan fingerprint density at radius 1 is 1.42 bits per heavy atom. The molecule has 3 aromatic rings. The molecule has 0 aromatic carbocycles. The van der Waals surface area contributed by atoms with Crippen molar-refractivity contribution in [3.8, 4) is 10.9 Å². The molecule has 0 unspecified atom stereocenters. The summed E-state index contributed by atoms with van der Waals surface area (Å²) < 4.78 is 17.7. The largest absolute Gasteiger partial charge is 0.483 e. The first kappa shape index (κ1) is 19.7. The van der Waals surface area contributed by atoms with Crippen molar-refractivity contribution in [3.05, 3.63) is 40.7 Å². The van der Waals surface area contributed by atoms with E-state index >= 15 is 0 Å². The fourth-order valence-electron chi connectivity index (χ4n) is 3.67.